The summed E-state index contributed by atoms with van der Waals surface area (Å²) in [5.74, 6) is -1.33. The molecule has 1 unspecified atom stereocenters. The predicted octanol–water partition coefficient (Wildman–Crippen LogP) is 1.05. The van der Waals surface area contributed by atoms with Crippen LogP contribution in [0.15, 0.2) is 18.2 Å². The quantitative estimate of drug-likeness (QED) is 0.758. The molecule has 1 aromatic carbocycles. The average Bonchev–Trinajstić information content (AvgIpc) is 2.41. The molecule has 1 aliphatic heterocycles. The molecule has 21 heavy (non-hydrogen) atoms. The maximum Gasteiger partial charge on any atom is 0.338 e. The normalized spacial score (nSPS) is 18.1. The Balaban J connectivity index is 2.22. The van der Waals surface area contributed by atoms with Crippen LogP contribution >= 0.6 is 0 Å². The Morgan fingerprint density at radius 2 is 2.14 bits per heavy atom. The van der Waals surface area contributed by atoms with E-state index in [1.54, 1.807) is 26.0 Å². The molecule has 1 heterocycles. The van der Waals surface area contributed by atoms with Crippen molar-refractivity contribution in [3.63, 3.8) is 0 Å². The minimum Gasteiger partial charge on any atom is -0.478 e. The molecule has 7 nitrogen and oxygen atoms in total. The molecule has 3 N–H and O–H groups in total. The highest BCUT2D eigenvalue weighted by Gasteiger charge is 2.29. The first kappa shape index (κ1) is 14.8. The molecule has 0 aliphatic carbocycles. The lowest BCUT2D eigenvalue weighted by Crippen LogP contribution is -2.56. The van der Waals surface area contributed by atoms with Gasteiger partial charge in [-0.1, -0.05) is 12.1 Å². The second-order valence-electron chi connectivity index (χ2n) is 4.89. The fraction of sp³-hybridized carbons (Fsp3) is 0.357. The van der Waals surface area contributed by atoms with Crippen molar-refractivity contribution in [3.05, 3.63) is 29.3 Å². The number of aromatic carboxylic acids is 1. The first-order valence-corrected chi connectivity index (χ1v) is 6.60. The third kappa shape index (κ3) is 2.96. The number of carboxylic acids is 1. The lowest BCUT2D eigenvalue weighted by Gasteiger charge is -2.32. The molecule has 0 aromatic heterocycles. The van der Waals surface area contributed by atoms with Gasteiger partial charge in [-0.15, -0.1) is 0 Å². The Labute approximate surface area is 121 Å². The molecule has 0 spiro atoms. The number of hydrogen-bond acceptors (Lipinski definition) is 3. The van der Waals surface area contributed by atoms with Crippen LogP contribution in [0.4, 0.5) is 10.5 Å². The number of hydrogen-bond donors (Lipinski definition) is 3. The number of nitrogens with zero attached hydrogens (tertiary/aromatic N) is 1. The van der Waals surface area contributed by atoms with Gasteiger partial charge in [0.05, 0.1) is 11.3 Å². The monoisotopic (exact) mass is 291 g/mol. The van der Waals surface area contributed by atoms with Crippen molar-refractivity contribution in [2.75, 3.05) is 18.4 Å². The van der Waals surface area contributed by atoms with Crippen LogP contribution < -0.4 is 10.6 Å². The number of rotatable bonds is 2. The topological polar surface area (TPSA) is 98.7 Å². The van der Waals surface area contributed by atoms with Crippen LogP contribution in [0, 0.1) is 6.92 Å². The lowest BCUT2D eigenvalue weighted by molar-refractivity contribution is -0.126. The predicted molar refractivity (Wildman–Crippen MR) is 76.3 cm³/mol. The highest BCUT2D eigenvalue weighted by molar-refractivity contribution is 6.02. The zero-order valence-corrected chi connectivity index (χ0v) is 11.8. The number of benzene rings is 1. The summed E-state index contributed by atoms with van der Waals surface area (Å²) in [6.45, 7) is 4.06. The number of amides is 3. The summed E-state index contributed by atoms with van der Waals surface area (Å²) >= 11 is 0. The number of carboxylic acid groups (broad SMARTS) is 1. The summed E-state index contributed by atoms with van der Waals surface area (Å²) in [6, 6.07) is 3.80. The molecule has 0 bridgehead atoms. The zero-order chi connectivity index (χ0) is 15.6. The van der Waals surface area contributed by atoms with Crippen molar-refractivity contribution in [2.24, 2.45) is 0 Å². The van der Waals surface area contributed by atoms with E-state index in [4.69, 9.17) is 0 Å². The Morgan fingerprint density at radius 3 is 2.81 bits per heavy atom. The summed E-state index contributed by atoms with van der Waals surface area (Å²) < 4.78 is 0. The highest BCUT2D eigenvalue weighted by Crippen LogP contribution is 2.20. The number of anilines is 1. The highest BCUT2D eigenvalue weighted by atomic mass is 16.4. The maximum absolute atomic E-state index is 12.3. The molecule has 0 radical (unpaired) electrons. The molecule has 1 atom stereocenters. The largest absolute Gasteiger partial charge is 0.478 e. The molecule has 1 saturated heterocycles. The molecule has 112 valence electrons. The SMILES string of the molecule is Cc1cccc(NC(=O)N2CCNC(=O)C2C)c1C(=O)O. The van der Waals surface area contributed by atoms with Gasteiger partial charge in [-0.25, -0.2) is 9.59 Å². The van der Waals surface area contributed by atoms with E-state index < -0.39 is 18.0 Å². The molecule has 1 aliphatic rings. The summed E-state index contributed by atoms with van der Waals surface area (Å²) in [7, 11) is 0. The van der Waals surface area contributed by atoms with Crippen LogP contribution in [0.25, 0.3) is 0 Å². The molecular formula is C14H17N3O4. The molecule has 1 fully saturated rings. The first-order chi connectivity index (χ1) is 9.91. The van der Waals surface area contributed by atoms with Crippen LogP contribution in [0.5, 0.6) is 0 Å². The first-order valence-electron chi connectivity index (χ1n) is 6.60. The van der Waals surface area contributed by atoms with E-state index in [0.29, 0.717) is 18.7 Å². The fourth-order valence-corrected chi connectivity index (χ4v) is 2.30. The maximum atomic E-state index is 12.3. The van der Waals surface area contributed by atoms with Crippen molar-refractivity contribution < 1.29 is 19.5 Å². The Bertz CT molecular complexity index is 600. The number of piperazine rings is 1. The third-order valence-corrected chi connectivity index (χ3v) is 3.49. The van der Waals surface area contributed by atoms with Crippen LogP contribution in [0.1, 0.15) is 22.8 Å². The van der Waals surface area contributed by atoms with Crippen LogP contribution in [0.3, 0.4) is 0 Å². The van der Waals surface area contributed by atoms with E-state index >= 15 is 0 Å². The molecule has 1 aromatic rings. The molecule has 3 amide bonds. The third-order valence-electron chi connectivity index (χ3n) is 3.49. The number of aryl methyl sites for hydroxylation is 1. The number of carbonyl (C=O) groups excluding carboxylic acids is 2. The van der Waals surface area contributed by atoms with E-state index in [2.05, 4.69) is 10.6 Å². The van der Waals surface area contributed by atoms with Gasteiger partial charge in [-0.2, -0.15) is 0 Å². The van der Waals surface area contributed by atoms with Crippen molar-refractivity contribution in [2.45, 2.75) is 19.9 Å². The zero-order valence-electron chi connectivity index (χ0n) is 11.8. The summed E-state index contributed by atoms with van der Waals surface area (Å²) in [4.78, 5) is 36.5. The summed E-state index contributed by atoms with van der Waals surface area (Å²) in [6.07, 6.45) is 0. The van der Waals surface area contributed by atoms with Crippen molar-refractivity contribution in [3.8, 4) is 0 Å². The van der Waals surface area contributed by atoms with Crippen LogP contribution in [-0.2, 0) is 4.79 Å². The molecule has 2 rings (SSSR count). The van der Waals surface area contributed by atoms with Crippen molar-refractivity contribution >= 4 is 23.6 Å². The Kier molecular flexibility index (Phi) is 4.11. The van der Waals surface area contributed by atoms with Crippen molar-refractivity contribution in [1.29, 1.82) is 0 Å². The standard InChI is InChI=1S/C14H17N3O4/c1-8-4-3-5-10(11(8)13(19)20)16-14(21)17-7-6-15-12(18)9(17)2/h3-5,9H,6-7H2,1-2H3,(H,15,18)(H,16,21)(H,19,20). The van der Waals surface area contributed by atoms with E-state index in [1.165, 1.54) is 11.0 Å². The van der Waals surface area contributed by atoms with Gasteiger partial charge in [0.1, 0.15) is 6.04 Å². The minimum absolute atomic E-state index is 0.0555. The van der Waals surface area contributed by atoms with E-state index in [0.717, 1.165) is 0 Å². The average molecular weight is 291 g/mol. The molecule has 7 heteroatoms. The van der Waals surface area contributed by atoms with Gasteiger partial charge in [0.2, 0.25) is 5.91 Å². The van der Waals surface area contributed by atoms with Crippen molar-refractivity contribution in [1.82, 2.24) is 10.2 Å². The van der Waals surface area contributed by atoms with Gasteiger partial charge in [-0.05, 0) is 25.5 Å². The number of nitrogens with one attached hydrogen (secondary N) is 2. The second kappa shape index (κ2) is 5.82. The van der Waals surface area contributed by atoms with Gasteiger partial charge >= 0.3 is 12.0 Å². The van der Waals surface area contributed by atoms with Gasteiger partial charge in [-0.3, -0.25) is 4.79 Å². The van der Waals surface area contributed by atoms with Gasteiger partial charge < -0.3 is 20.6 Å². The van der Waals surface area contributed by atoms with Gasteiger partial charge in [0.15, 0.2) is 0 Å². The van der Waals surface area contributed by atoms with Gasteiger partial charge in [0, 0.05) is 13.1 Å². The van der Waals surface area contributed by atoms with Crippen LogP contribution in [0.2, 0.25) is 0 Å². The fourth-order valence-electron chi connectivity index (χ4n) is 2.30. The summed E-state index contributed by atoms with van der Waals surface area (Å²) in [5.41, 5.74) is 0.843. The molecular weight excluding hydrogens is 274 g/mol. The minimum atomic E-state index is -1.10. The van der Waals surface area contributed by atoms with E-state index in [-0.39, 0.29) is 17.2 Å². The smallest absolute Gasteiger partial charge is 0.338 e. The molecule has 0 saturated carbocycles. The Hall–Kier alpha value is -2.57. The second-order valence-corrected chi connectivity index (χ2v) is 4.89. The Morgan fingerprint density at radius 1 is 1.43 bits per heavy atom. The van der Waals surface area contributed by atoms with E-state index in [1.807, 2.05) is 0 Å². The van der Waals surface area contributed by atoms with E-state index in [9.17, 15) is 19.5 Å². The lowest BCUT2D eigenvalue weighted by atomic mass is 10.1. The van der Waals surface area contributed by atoms with Gasteiger partial charge in [0.25, 0.3) is 0 Å². The number of carbonyl (C=O) groups is 3. The summed E-state index contributed by atoms with van der Waals surface area (Å²) in [5, 5.41) is 14.5. The number of urea groups is 1. The van der Waals surface area contributed by atoms with Crippen LogP contribution in [-0.4, -0.2) is 47.0 Å².